The van der Waals surface area contributed by atoms with E-state index in [2.05, 4.69) is 5.10 Å². The average molecular weight is 424 g/mol. The molecular weight excluding hydrogens is 405 g/mol. The molecule has 158 valence electrons. The summed E-state index contributed by atoms with van der Waals surface area (Å²) >= 11 is 0. The zero-order chi connectivity index (χ0) is 22.7. The topological polar surface area (TPSA) is 103 Å². The fourth-order valence-corrected chi connectivity index (χ4v) is 3.43. The summed E-state index contributed by atoms with van der Waals surface area (Å²) in [6.45, 7) is 7.39. The van der Waals surface area contributed by atoms with E-state index in [4.69, 9.17) is 20.3 Å². The van der Waals surface area contributed by atoms with Crippen LogP contribution in [0.3, 0.4) is 0 Å². The lowest BCUT2D eigenvalue weighted by Crippen LogP contribution is -2.41. The van der Waals surface area contributed by atoms with Crippen molar-refractivity contribution in [2.24, 2.45) is 5.73 Å². The molecule has 1 aromatic heterocycles. The van der Waals surface area contributed by atoms with E-state index >= 15 is 4.39 Å². The first-order valence-corrected chi connectivity index (χ1v) is 9.53. The molecule has 0 bridgehead atoms. The first kappa shape index (κ1) is 21.0. The Kier molecular flexibility index (Phi) is 4.65. The van der Waals surface area contributed by atoms with Crippen molar-refractivity contribution >= 4 is 29.4 Å². The lowest BCUT2D eigenvalue weighted by Gasteiger charge is -2.32. The van der Waals surface area contributed by atoms with Gasteiger partial charge in [0.1, 0.15) is 23.2 Å². The predicted molar refractivity (Wildman–Crippen MR) is 110 cm³/mol. The number of hydrogen-bond acceptors (Lipinski definition) is 5. The second-order valence-corrected chi connectivity index (χ2v) is 8.35. The van der Waals surface area contributed by atoms with Gasteiger partial charge in [-0.1, -0.05) is 12.1 Å². The van der Waals surface area contributed by atoms with Crippen LogP contribution in [0.1, 0.15) is 43.7 Å². The van der Waals surface area contributed by atoms with Gasteiger partial charge < -0.3 is 15.0 Å². The summed E-state index contributed by atoms with van der Waals surface area (Å²) in [5.74, 6) is -2.30. The molecule has 0 spiro atoms. The van der Waals surface area contributed by atoms with Gasteiger partial charge in [-0.3, -0.25) is 4.79 Å². The molecule has 2 heterocycles. The molecule has 0 aliphatic carbocycles. The molecule has 10 heteroatoms. The molecule has 2 aromatic carbocycles. The zero-order valence-electron chi connectivity index (χ0n) is 17.4. The fraction of sp³-hybridized carbons (Fsp3) is 0.286. The predicted octanol–water partition coefficient (Wildman–Crippen LogP) is 2.57. The van der Waals surface area contributed by atoms with Crippen LogP contribution >= 0.6 is 0 Å². The van der Waals surface area contributed by atoms with Crippen molar-refractivity contribution in [1.29, 1.82) is 5.26 Å². The van der Waals surface area contributed by atoms with Gasteiger partial charge in [-0.15, -0.1) is 0 Å². The second-order valence-electron chi connectivity index (χ2n) is 8.35. The number of aromatic nitrogens is 2. The Morgan fingerprint density at radius 1 is 1.16 bits per heavy atom. The van der Waals surface area contributed by atoms with E-state index in [0.29, 0.717) is 0 Å². The molecule has 0 radical (unpaired) electrons. The van der Waals surface area contributed by atoms with Gasteiger partial charge in [-0.05, 0) is 45.9 Å². The lowest BCUT2D eigenvalue weighted by atomic mass is 9.78. The summed E-state index contributed by atoms with van der Waals surface area (Å²) in [5.41, 5.74) is 3.92. The van der Waals surface area contributed by atoms with Crippen LogP contribution in [-0.4, -0.2) is 34.0 Å². The maximum Gasteiger partial charge on any atom is 0.497 e. The Morgan fingerprint density at radius 3 is 2.39 bits per heavy atom. The Hall–Kier alpha value is -3.29. The third kappa shape index (κ3) is 3.17. The quantitative estimate of drug-likeness (QED) is 0.651. The van der Waals surface area contributed by atoms with Gasteiger partial charge in [0.2, 0.25) is 0 Å². The minimum absolute atomic E-state index is 0.0588. The number of nitrogens with zero attached hydrogens (tertiary/aromatic N) is 3. The van der Waals surface area contributed by atoms with E-state index in [1.165, 1.54) is 24.3 Å². The number of halogens is 2. The summed E-state index contributed by atoms with van der Waals surface area (Å²) in [4.78, 5) is 11.9. The van der Waals surface area contributed by atoms with E-state index in [0.717, 1.165) is 10.7 Å². The van der Waals surface area contributed by atoms with Crippen LogP contribution in [-0.2, 0) is 9.31 Å². The summed E-state index contributed by atoms with van der Waals surface area (Å²) in [5, 5.41) is 13.4. The van der Waals surface area contributed by atoms with Crippen molar-refractivity contribution in [3.8, 4) is 11.8 Å². The first-order chi connectivity index (χ1) is 14.5. The molecular formula is C21H19BF2N4O3. The van der Waals surface area contributed by atoms with Crippen LogP contribution in [0, 0.1) is 23.0 Å². The largest absolute Gasteiger partial charge is 0.497 e. The molecule has 4 rings (SSSR count). The molecule has 0 unspecified atom stereocenters. The Balaban J connectivity index is 1.95. The van der Waals surface area contributed by atoms with Crippen molar-refractivity contribution in [3.63, 3.8) is 0 Å². The Labute approximate surface area is 177 Å². The smallest absolute Gasteiger partial charge is 0.399 e. The molecule has 1 fully saturated rings. The summed E-state index contributed by atoms with van der Waals surface area (Å²) in [7, 11) is -0.988. The molecule has 1 amide bonds. The van der Waals surface area contributed by atoms with Crippen molar-refractivity contribution in [1.82, 2.24) is 9.78 Å². The normalized spacial score (nSPS) is 17.1. The van der Waals surface area contributed by atoms with E-state index in [1.807, 2.05) is 27.7 Å². The molecule has 1 aliphatic heterocycles. The molecule has 0 atom stereocenters. The Bertz CT molecular complexity index is 1260. The average Bonchev–Trinajstić information content (AvgIpc) is 3.17. The highest BCUT2D eigenvalue weighted by Crippen LogP contribution is 2.37. The van der Waals surface area contributed by atoms with Gasteiger partial charge in [0.25, 0.3) is 5.91 Å². The maximum absolute atomic E-state index is 15.8. The number of hydrogen-bond donors (Lipinski definition) is 1. The highest BCUT2D eigenvalue weighted by Gasteiger charge is 2.52. The number of benzene rings is 2. The minimum Gasteiger partial charge on any atom is -0.399 e. The van der Waals surface area contributed by atoms with Crippen LogP contribution in [0.4, 0.5) is 8.78 Å². The first-order valence-electron chi connectivity index (χ1n) is 9.53. The molecule has 7 nitrogen and oxygen atoms in total. The summed E-state index contributed by atoms with van der Waals surface area (Å²) in [6, 6.07) is 8.32. The van der Waals surface area contributed by atoms with E-state index in [9.17, 15) is 9.18 Å². The third-order valence-electron chi connectivity index (χ3n) is 5.87. The van der Waals surface area contributed by atoms with Crippen molar-refractivity contribution in [2.45, 2.75) is 38.9 Å². The van der Waals surface area contributed by atoms with E-state index < -0.39 is 35.9 Å². The van der Waals surface area contributed by atoms with Crippen LogP contribution in [0.15, 0.2) is 30.3 Å². The summed E-state index contributed by atoms with van der Waals surface area (Å²) in [6.07, 6.45) is 0. The molecule has 1 aliphatic rings. The highest BCUT2D eigenvalue weighted by molar-refractivity contribution is 6.62. The number of amides is 1. The van der Waals surface area contributed by atoms with Gasteiger partial charge in [0, 0.05) is 10.8 Å². The molecule has 2 N–H and O–H groups in total. The zero-order valence-corrected chi connectivity index (χ0v) is 17.4. The van der Waals surface area contributed by atoms with E-state index in [-0.39, 0.29) is 33.3 Å². The minimum atomic E-state index is -0.988. The number of fused-ring (bicyclic) bond motifs is 1. The van der Waals surface area contributed by atoms with Crippen LogP contribution in [0.25, 0.3) is 16.6 Å². The third-order valence-corrected chi connectivity index (χ3v) is 5.87. The highest BCUT2D eigenvalue weighted by atomic mass is 19.1. The number of rotatable bonds is 3. The fourth-order valence-electron chi connectivity index (χ4n) is 3.43. The number of nitriles is 1. The SMILES string of the molecule is CC1(C)OB(c2ccc3c(C(N)=O)nn(-c4ccc(F)c(C#N)c4)c3c2F)OC1(C)C. The number of primary amides is 1. The number of carbonyl (C=O) groups is 1. The van der Waals surface area contributed by atoms with Gasteiger partial charge in [0.05, 0.1) is 22.5 Å². The monoisotopic (exact) mass is 424 g/mol. The van der Waals surface area contributed by atoms with Crippen LogP contribution < -0.4 is 11.2 Å². The van der Waals surface area contributed by atoms with Crippen molar-refractivity contribution in [2.75, 3.05) is 0 Å². The molecule has 1 saturated heterocycles. The second kappa shape index (κ2) is 6.87. The number of carbonyl (C=O) groups excluding carboxylic acids is 1. The van der Waals surface area contributed by atoms with E-state index in [1.54, 1.807) is 6.07 Å². The van der Waals surface area contributed by atoms with Crippen molar-refractivity contribution < 1.29 is 22.9 Å². The Morgan fingerprint density at radius 2 is 1.81 bits per heavy atom. The van der Waals surface area contributed by atoms with Crippen LogP contribution in [0.5, 0.6) is 0 Å². The van der Waals surface area contributed by atoms with Gasteiger partial charge in [0.15, 0.2) is 5.69 Å². The molecule has 31 heavy (non-hydrogen) atoms. The van der Waals surface area contributed by atoms with Crippen LogP contribution in [0.2, 0.25) is 0 Å². The standard InChI is InChI=1S/C21H19BF2N4O3/c1-20(2)21(3,4)31-22(30-20)14-7-6-13-17(19(26)29)27-28(18(13)16(14)24)12-5-8-15(23)11(9-12)10-25/h5-9H,1-4H3,(H2,26,29). The van der Waals surface area contributed by atoms with Crippen molar-refractivity contribution in [3.05, 3.63) is 53.2 Å². The van der Waals surface area contributed by atoms with Gasteiger partial charge >= 0.3 is 7.12 Å². The van der Waals surface area contributed by atoms with Gasteiger partial charge in [-0.25, -0.2) is 13.5 Å². The maximum atomic E-state index is 15.8. The molecule has 3 aromatic rings. The number of nitrogens with two attached hydrogens (primary N) is 1. The molecule has 0 saturated carbocycles. The lowest BCUT2D eigenvalue weighted by molar-refractivity contribution is 0.00578. The van der Waals surface area contributed by atoms with Gasteiger partial charge in [-0.2, -0.15) is 10.4 Å². The summed E-state index contributed by atoms with van der Waals surface area (Å²) < 4.78 is 42.6.